The minimum absolute atomic E-state index is 0.167. The number of nitrogens with zero attached hydrogens (tertiary/aromatic N) is 1. The van der Waals surface area contributed by atoms with Crippen LogP contribution in [-0.2, 0) is 11.3 Å². The third-order valence-corrected chi connectivity index (χ3v) is 3.54. The summed E-state index contributed by atoms with van der Waals surface area (Å²) < 4.78 is 10.6. The summed E-state index contributed by atoms with van der Waals surface area (Å²) in [6.45, 7) is 2.34. The van der Waals surface area contributed by atoms with Crippen molar-refractivity contribution >= 4 is 0 Å². The van der Waals surface area contributed by atoms with E-state index in [4.69, 9.17) is 9.15 Å². The molecule has 5 nitrogen and oxygen atoms in total. The van der Waals surface area contributed by atoms with Crippen molar-refractivity contribution in [3.8, 4) is 0 Å². The molecular weight excluding hydrogens is 246 g/mol. The summed E-state index contributed by atoms with van der Waals surface area (Å²) in [5, 5.41) is 19.3. The fourth-order valence-electron chi connectivity index (χ4n) is 2.52. The summed E-state index contributed by atoms with van der Waals surface area (Å²) in [6.07, 6.45) is 4.39. The molecule has 2 atom stereocenters. The lowest BCUT2D eigenvalue weighted by Gasteiger charge is -2.35. The maximum absolute atomic E-state index is 9.96. The van der Waals surface area contributed by atoms with Crippen molar-refractivity contribution in [2.24, 2.45) is 0 Å². The molecule has 19 heavy (non-hydrogen) atoms. The smallest absolute Gasteiger partial charge is 0.129 e. The maximum Gasteiger partial charge on any atom is 0.129 e. The van der Waals surface area contributed by atoms with E-state index in [9.17, 15) is 10.2 Å². The Bertz CT molecular complexity index is 341. The summed E-state index contributed by atoms with van der Waals surface area (Å²) >= 11 is 0. The van der Waals surface area contributed by atoms with E-state index >= 15 is 0 Å². The van der Waals surface area contributed by atoms with E-state index in [0.29, 0.717) is 13.2 Å². The Morgan fingerprint density at radius 3 is 3.11 bits per heavy atom. The van der Waals surface area contributed by atoms with Crippen LogP contribution in [0.3, 0.4) is 0 Å². The van der Waals surface area contributed by atoms with Crippen LogP contribution in [0.4, 0.5) is 0 Å². The van der Waals surface area contributed by atoms with Gasteiger partial charge >= 0.3 is 0 Å². The summed E-state index contributed by atoms with van der Waals surface area (Å²) in [6, 6.07) is 3.85. The number of hydrogen-bond donors (Lipinski definition) is 2. The highest BCUT2D eigenvalue weighted by molar-refractivity contribution is 4.96. The van der Waals surface area contributed by atoms with Gasteiger partial charge in [-0.25, -0.2) is 0 Å². The monoisotopic (exact) mass is 269 g/mol. The van der Waals surface area contributed by atoms with E-state index in [2.05, 4.69) is 4.90 Å². The fraction of sp³-hybridized carbons (Fsp3) is 0.714. The molecule has 1 saturated heterocycles. The predicted molar refractivity (Wildman–Crippen MR) is 70.7 cm³/mol. The van der Waals surface area contributed by atoms with Gasteiger partial charge in [0.05, 0.1) is 25.6 Å². The number of likely N-dealkylation sites (tertiary alicyclic amines) is 1. The van der Waals surface area contributed by atoms with Crippen molar-refractivity contribution in [3.63, 3.8) is 0 Å². The van der Waals surface area contributed by atoms with Gasteiger partial charge in [0.15, 0.2) is 0 Å². The molecule has 0 aliphatic carbocycles. The van der Waals surface area contributed by atoms with Crippen molar-refractivity contribution < 1.29 is 19.4 Å². The molecule has 0 aromatic carbocycles. The topological polar surface area (TPSA) is 66.1 Å². The Morgan fingerprint density at radius 1 is 1.47 bits per heavy atom. The number of aliphatic hydroxyl groups excluding tert-OH is 2. The van der Waals surface area contributed by atoms with Gasteiger partial charge in [-0.15, -0.1) is 0 Å². The van der Waals surface area contributed by atoms with Gasteiger partial charge in [0, 0.05) is 12.6 Å². The van der Waals surface area contributed by atoms with Crippen LogP contribution in [0.2, 0.25) is 0 Å². The molecule has 2 N–H and O–H groups in total. The van der Waals surface area contributed by atoms with Crippen molar-refractivity contribution in [1.29, 1.82) is 0 Å². The number of piperidine rings is 1. The molecule has 0 radical (unpaired) electrons. The average Bonchev–Trinajstić information content (AvgIpc) is 2.92. The summed E-state index contributed by atoms with van der Waals surface area (Å²) in [7, 11) is 0. The van der Waals surface area contributed by atoms with Crippen LogP contribution in [0.5, 0.6) is 0 Å². The second-order valence-corrected chi connectivity index (χ2v) is 5.08. The molecule has 5 heteroatoms. The van der Waals surface area contributed by atoms with Crippen LogP contribution in [0.1, 0.15) is 25.0 Å². The van der Waals surface area contributed by atoms with Crippen molar-refractivity contribution in [2.45, 2.75) is 38.0 Å². The van der Waals surface area contributed by atoms with Crippen LogP contribution in [0.25, 0.3) is 0 Å². The van der Waals surface area contributed by atoms with E-state index in [1.807, 2.05) is 12.1 Å². The SMILES string of the molecule is OC[C@H]1CCCCN1C[C@@H](O)COCc1ccco1. The number of ether oxygens (including phenoxy) is 1. The normalized spacial score (nSPS) is 22.5. The molecule has 1 aromatic heterocycles. The molecule has 0 saturated carbocycles. The summed E-state index contributed by atoms with van der Waals surface area (Å²) in [4.78, 5) is 2.16. The Balaban J connectivity index is 1.66. The Kier molecular flexibility index (Phi) is 5.85. The summed E-state index contributed by atoms with van der Waals surface area (Å²) in [5.41, 5.74) is 0. The highest BCUT2D eigenvalue weighted by atomic mass is 16.5. The van der Waals surface area contributed by atoms with Crippen molar-refractivity contribution in [1.82, 2.24) is 4.90 Å². The Hall–Kier alpha value is -0.880. The van der Waals surface area contributed by atoms with Gasteiger partial charge in [-0.1, -0.05) is 6.42 Å². The zero-order valence-electron chi connectivity index (χ0n) is 11.2. The van der Waals surface area contributed by atoms with Crippen LogP contribution in [0.15, 0.2) is 22.8 Å². The lowest BCUT2D eigenvalue weighted by molar-refractivity contribution is -0.0137. The molecule has 108 valence electrons. The zero-order chi connectivity index (χ0) is 13.5. The van der Waals surface area contributed by atoms with E-state index in [1.165, 1.54) is 0 Å². The first-order valence-corrected chi connectivity index (χ1v) is 6.92. The summed E-state index contributed by atoms with van der Waals surface area (Å²) in [5.74, 6) is 0.762. The molecule has 0 spiro atoms. The zero-order valence-corrected chi connectivity index (χ0v) is 11.2. The predicted octanol–water partition coefficient (Wildman–Crippen LogP) is 1.00. The molecule has 2 rings (SSSR count). The first kappa shape index (κ1) is 14.5. The van der Waals surface area contributed by atoms with Crippen LogP contribution < -0.4 is 0 Å². The van der Waals surface area contributed by atoms with Gasteiger partial charge in [0.1, 0.15) is 12.4 Å². The first-order chi connectivity index (χ1) is 9.29. The minimum Gasteiger partial charge on any atom is -0.467 e. The molecule has 2 heterocycles. The average molecular weight is 269 g/mol. The highest BCUT2D eigenvalue weighted by Gasteiger charge is 2.23. The van der Waals surface area contributed by atoms with E-state index in [0.717, 1.165) is 31.6 Å². The van der Waals surface area contributed by atoms with Crippen LogP contribution >= 0.6 is 0 Å². The number of hydrogen-bond acceptors (Lipinski definition) is 5. The second kappa shape index (κ2) is 7.65. The van der Waals surface area contributed by atoms with Gasteiger partial charge < -0.3 is 19.4 Å². The van der Waals surface area contributed by atoms with Gasteiger partial charge in [-0.05, 0) is 31.5 Å². The van der Waals surface area contributed by atoms with Gasteiger partial charge in [0.25, 0.3) is 0 Å². The van der Waals surface area contributed by atoms with Gasteiger partial charge in [-0.2, -0.15) is 0 Å². The fourth-order valence-corrected chi connectivity index (χ4v) is 2.52. The number of aliphatic hydroxyl groups is 2. The lowest BCUT2D eigenvalue weighted by atomic mass is 10.0. The maximum atomic E-state index is 9.96. The number of furan rings is 1. The molecule has 1 aliphatic rings. The van der Waals surface area contributed by atoms with Crippen LogP contribution in [-0.4, -0.2) is 53.6 Å². The van der Waals surface area contributed by atoms with E-state index < -0.39 is 6.10 Å². The third-order valence-electron chi connectivity index (χ3n) is 3.54. The first-order valence-electron chi connectivity index (χ1n) is 6.92. The molecule has 1 fully saturated rings. The number of rotatable bonds is 7. The minimum atomic E-state index is -0.526. The quantitative estimate of drug-likeness (QED) is 0.773. The van der Waals surface area contributed by atoms with Crippen molar-refractivity contribution in [3.05, 3.63) is 24.2 Å². The second-order valence-electron chi connectivity index (χ2n) is 5.08. The molecule has 1 aliphatic heterocycles. The molecule has 0 bridgehead atoms. The van der Waals surface area contributed by atoms with Crippen LogP contribution in [0, 0.1) is 0 Å². The molecule has 1 aromatic rings. The van der Waals surface area contributed by atoms with Crippen molar-refractivity contribution in [2.75, 3.05) is 26.3 Å². The molecule has 0 amide bonds. The lowest BCUT2D eigenvalue weighted by Crippen LogP contribution is -2.46. The Morgan fingerprint density at radius 2 is 2.37 bits per heavy atom. The van der Waals surface area contributed by atoms with E-state index in [-0.39, 0.29) is 19.3 Å². The third kappa shape index (κ3) is 4.62. The molecule has 0 unspecified atom stereocenters. The van der Waals surface area contributed by atoms with Gasteiger partial charge in [-0.3, -0.25) is 4.90 Å². The Labute approximate surface area is 113 Å². The van der Waals surface area contributed by atoms with Gasteiger partial charge in [0.2, 0.25) is 0 Å². The standard InChI is InChI=1S/C14H23NO4/c16-9-12-4-1-2-6-15(12)8-13(17)10-18-11-14-5-3-7-19-14/h3,5,7,12-13,16-17H,1-2,4,6,8-11H2/t12-,13-/m1/s1. The molecular formula is C14H23NO4. The highest BCUT2D eigenvalue weighted by Crippen LogP contribution is 2.16. The number of β-amino-alcohol motifs (C(OH)–C–C–N with tert-alkyl or cyclic N) is 1. The largest absolute Gasteiger partial charge is 0.467 e. The van der Waals surface area contributed by atoms with E-state index in [1.54, 1.807) is 6.26 Å².